The molecule has 0 aromatic heterocycles. The van der Waals surface area contributed by atoms with Crippen molar-refractivity contribution in [1.82, 2.24) is 4.72 Å². The highest BCUT2D eigenvalue weighted by Gasteiger charge is 2.19. The zero-order valence-electron chi connectivity index (χ0n) is 11.4. The Morgan fingerprint density at radius 2 is 2.14 bits per heavy atom. The Labute approximate surface area is 121 Å². The number of nitrogens with one attached hydrogen (secondary N) is 1. The van der Waals surface area contributed by atoms with E-state index in [1.807, 2.05) is 0 Å². The number of nitro benzene ring substituents is 1. The van der Waals surface area contributed by atoms with E-state index >= 15 is 0 Å². The van der Waals surface area contributed by atoms with Gasteiger partial charge in [0.2, 0.25) is 10.0 Å². The molecule has 0 amide bonds. The highest BCUT2D eigenvalue weighted by molar-refractivity contribution is 7.89. The van der Waals surface area contributed by atoms with Crippen molar-refractivity contribution in [3.8, 4) is 0 Å². The highest BCUT2D eigenvalue weighted by atomic mass is 32.2. The average molecular weight is 313 g/mol. The third-order valence-electron chi connectivity index (χ3n) is 2.73. The van der Waals surface area contributed by atoms with Gasteiger partial charge in [-0.05, 0) is 31.4 Å². The predicted octanol–water partition coefficient (Wildman–Crippen LogP) is 2.27. The number of hydrogen-bond acceptors (Lipinski definition) is 5. The molecule has 0 unspecified atom stereocenters. The normalized spacial score (nSPS) is 10.9. The number of aryl methyl sites for hydroxylation is 1. The number of azide groups is 1. The third kappa shape index (κ3) is 5.03. The van der Waals surface area contributed by atoms with E-state index in [4.69, 9.17) is 5.53 Å². The van der Waals surface area contributed by atoms with Gasteiger partial charge in [-0.3, -0.25) is 10.1 Å². The first-order valence-electron chi connectivity index (χ1n) is 6.14. The molecule has 9 nitrogen and oxygen atoms in total. The summed E-state index contributed by atoms with van der Waals surface area (Å²) >= 11 is 0. The van der Waals surface area contributed by atoms with Gasteiger partial charge in [0.15, 0.2) is 0 Å². The minimum absolute atomic E-state index is 0.144. The van der Waals surface area contributed by atoms with Crippen molar-refractivity contribution in [1.29, 1.82) is 0 Å². The number of benzene rings is 1. The number of nitrogens with zero attached hydrogens (tertiary/aromatic N) is 4. The summed E-state index contributed by atoms with van der Waals surface area (Å²) in [7, 11) is -3.78. The minimum atomic E-state index is -3.78. The lowest BCUT2D eigenvalue weighted by atomic mass is 10.2. The van der Waals surface area contributed by atoms with Crippen LogP contribution < -0.4 is 4.72 Å². The van der Waals surface area contributed by atoms with Crippen LogP contribution in [0.3, 0.4) is 0 Å². The Kier molecular flexibility index (Phi) is 6.10. The van der Waals surface area contributed by atoms with Crippen LogP contribution in [0.5, 0.6) is 0 Å². The van der Waals surface area contributed by atoms with Crippen LogP contribution in [-0.4, -0.2) is 26.4 Å². The van der Waals surface area contributed by atoms with Gasteiger partial charge in [-0.2, -0.15) is 0 Å². The maximum atomic E-state index is 12.0. The van der Waals surface area contributed by atoms with Gasteiger partial charge < -0.3 is 0 Å². The summed E-state index contributed by atoms with van der Waals surface area (Å²) in [5.41, 5.74) is 8.25. The molecule has 0 fully saturated rings. The fourth-order valence-electron chi connectivity index (χ4n) is 1.60. The molecular weight excluding hydrogens is 298 g/mol. The van der Waals surface area contributed by atoms with Crippen molar-refractivity contribution in [2.75, 3.05) is 13.1 Å². The first-order valence-corrected chi connectivity index (χ1v) is 7.62. The second-order valence-corrected chi connectivity index (χ2v) is 6.03. The molecule has 0 radical (unpaired) electrons. The van der Waals surface area contributed by atoms with Gasteiger partial charge in [0, 0.05) is 29.6 Å². The van der Waals surface area contributed by atoms with E-state index in [0.29, 0.717) is 24.9 Å². The van der Waals surface area contributed by atoms with Gasteiger partial charge in [-0.1, -0.05) is 11.2 Å². The van der Waals surface area contributed by atoms with E-state index in [0.717, 1.165) is 6.07 Å². The molecule has 114 valence electrons. The summed E-state index contributed by atoms with van der Waals surface area (Å²) in [6, 6.07) is 3.76. The average Bonchev–Trinajstić information content (AvgIpc) is 2.42. The van der Waals surface area contributed by atoms with Crippen molar-refractivity contribution >= 4 is 15.7 Å². The number of unbranched alkanes of at least 4 members (excludes halogenated alkanes) is 1. The zero-order chi connectivity index (χ0) is 15.9. The van der Waals surface area contributed by atoms with E-state index in [9.17, 15) is 18.5 Å². The Morgan fingerprint density at radius 3 is 2.76 bits per heavy atom. The molecule has 1 N–H and O–H groups in total. The SMILES string of the molecule is Cc1ccc(S(=O)(=O)NCCCCN=[N+]=[N-])cc1[N+](=O)[O-]. The second-order valence-electron chi connectivity index (χ2n) is 4.26. The summed E-state index contributed by atoms with van der Waals surface area (Å²) in [4.78, 5) is 12.6. The van der Waals surface area contributed by atoms with E-state index in [-0.39, 0.29) is 17.1 Å². The molecule has 0 atom stereocenters. The molecule has 0 spiro atoms. The van der Waals surface area contributed by atoms with Crippen LogP contribution >= 0.6 is 0 Å². The molecule has 0 saturated carbocycles. The molecule has 0 heterocycles. The van der Waals surface area contributed by atoms with Crippen molar-refractivity contribution < 1.29 is 13.3 Å². The number of hydrogen-bond donors (Lipinski definition) is 1. The number of rotatable bonds is 8. The third-order valence-corrected chi connectivity index (χ3v) is 4.19. The van der Waals surface area contributed by atoms with E-state index in [2.05, 4.69) is 14.7 Å². The van der Waals surface area contributed by atoms with Crippen molar-refractivity contribution in [3.63, 3.8) is 0 Å². The van der Waals surface area contributed by atoms with Gasteiger partial charge in [0.1, 0.15) is 0 Å². The number of nitro groups is 1. The molecule has 1 aromatic rings. The van der Waals surface area contributed by atoms with Gasteiger partial charge in [-0.15, -0.1) is 0 Å². The minimum Gasteiger partial charge on any atom is -0.258 e. The standard InChI is InChI=1S/C11H15N5O4S/c1-9-4-5-10(8-11(9)16(17)18)21(19,20)14-7-3-2-6-13-15-12/h4-5,8,14H,2-3,6-7H2,1H3. The molecule has 10 heteroatoms. The zero-order valence-corrected chi connectivity index (χ0v) is 12.2. The van der Waals surface area contributed by atoms with Crippen LogP contribution in [-0.2, 0) is 10.0 Å². The van der Waals surface area contributed by atoms with E-state index < -0.39 is 14.9 Å². The largest absolute Gasteiger partial charge is 0.273 e. The summed E-state index contributed by atoms with van der Waals surface area (Å²) in [6.45, 7) is 2.01. The molecule has 0 saturated heterocycles. The fourth-order valence-corrected chi connectivity index (χ4v) is 2.69. The Bertz CT molecular complexity index is 667. The first kappa shape index (κ1) is 16.9. The summed E-state index contributed by atoms with van der Waals surface area (Å²) in [5.74, 6) is 0. The van der Waals surface area contributed by atoms with Gasteiger partial charge in [0.25, 0.3) is 5.69 Å². The lowest BCUT2D eigenvalue weighted by Gasteiger charge is -2.07. The van der Waals surface area contributed by atoms with Crippen LogP contribution in [0, 0.1) is 17.0 Å². The molecule has 21 heavy (non-hydrogen) atoms. The lowest BCUT2D eigenvalue weighted by molar-refractivity contribution is -0.385. The summed E-state index contributed by atoms with van der Waals surface area (Å²) < 4.78 is 26.3. The Balaban J connectivity index is 2.72. The summed E-state index contributed by atoms with van der Waals surface area (Å²) in [5, 5.41) is 14.1. The molecule has 1 aromatic carbocycles. The monoisotopic (exact) mass is 313 g/mol. The Hall–Kier alpha value is -2.16. The molecule has 0 aliphatic carbocycles. The second kappa shape index (κ2) is 7.58. The Morgan fingerprint density at radius 1 is 1.43 bits per heavy atom. The lowest BCUT2D eigenvalue weighted by Crippen LogP contribution is -2.25. The van der Waals surface area contributed by atoms with Crippen molar-refractivity contribution in [2.45, 2.75) is 24.7 Å². The van der Waals surface area contributed by atoms with Crippen LogP contribution in [0.15, 0.2) is 28.2 Å². The smallest absolute Gasteiger partial charge is 0.258 e. The highest BCUT2D eigenvalue weighted by Crippen LogP contribution is 2.21. The van der Waals surface area contributed by atoms with Crippen LogP contribution in [0.25, 0.3) is 10.4 Å². The van der Waals surface area contributed by atoms with Crippen LogP contribution in [0.4, 0.5) is 5.69 Å². The molecule has 0 aliphatic heterocycles. The molecule has 0 bridgehead atoms. The van der Waals surface area contributed by atoms with Gasteiger partial charge >= 0.3 is 0 Å². The maximum absolute atomic E-state index is 12.0. The molecule has 0 aliphatic rings. The van der Waals surface area contributed by atoms with Gasteiger partial charge in [-0.25, -0.2) is 13.1 Å². The van der Waals surface area contributed by atoms with Crippen molar-refractivity contribution in [3.05, 3.63) is 44.3 Å². The fraction of sp³-hybridized carbons (Fsp3) is 0.455. The van der Waals surface area contributed by atoms with E-state index in [1.165, 1.54) is 19.1 Å². The number of sulfonamides is 1. The van der Waals surface area contributed by atoms with E-state index in [1.54, 1.807) is 0 Å². The quantitative estimate of drug-likeness (QED) is 0.196. The van der Waals surface area contributed by atoms with Crippen LogP contribution in [0.2, 0.25) is 0 Å². The van der Waals surface area contributed by atoms with Crippen molar-refractivity contribution in [2.24, 2.45) is 5.11 Å². The van der Waals surface area contributed by atoms with Crippen LogP contribution in [0.1, 0.15) is 18.4 Å². The topological polar surface area (TPSA) is 138 Å². The summed E-state index contributed by atoms with van der Waals surface area (Å²) in [6.07, 6.45) is 1.06. The first-order chi connectivity index (χ1) is 9.88. The predicted molar refractivity (Wildman–Crippen MR) is 76.3 cm³/mol. The molecular formula is C11H15N5O4S. The van der Waals surface area contributed by atoms with Gasteiger partial charge in [0.05, 0.1) is 9.82 Å². The molecule has 1 rings (SSSR count). The maximum Gasteiger partial charge on any atom is 0.273 e.